The van der Waals surface area contributed by atoms with E-state index in [1.165, 1.54) is 4.90 Å². The number of primary sulfonamides is 1. The van der Waals surface area contributed by atoms with Gasteiger partial charge in [0.05, 0.1) is 17.4 Å². The van der Waals surface area contributed by atoms with Crippen LogP contribution in [0.3, 0.4) is 0 Å². The molecular weight excluding hydrogens is 318 g/mol. The fourth-order valence-corrected chi connectivity index (χ4v) is 4.04. The molecule has 0 spiro atoms. The number of nitrogens with one attached hydrogen (secondary N) is 1. The molecule has 0 amide bonds. The van der Waals surface area contributed by atoms with E-state index in [2.05, 4.69) is 4.72 Å². The van der Waals surface area contributed by atoms with Crippen molar-refractivity contribution in [3.8, 4) is 0 Å². The summed E-state index contributed by atoms with van der Waals surface area (Å²) in [5, 5.41) is 13.9. The van der Waals surface area contributed by atoms with Gasteiger partial charge in [0, 0.05) is 0 Å². The highest BCUT2D eigenvalue weighted by Crippen LogP contribution is 2.34. The molecule has 0 saturated carbocycles. The third kappa shape index (κ3) is 2.55. The molecule has 11 heteroatoms. The molecule has 0 aromatic heterocycles. The fourth-order valence-electron chi connectivity index (χ4n) is 1.66. The normalized spacial score (nSPS) is 18.2. The molecule has 0 unspecified atom stereocenters. The summed E-state index contributed by atoms with van der Waals surface area (Å²) >= 11 is 5.78. The predicted molar refractivity (Wildman–Crippen MR) is 67.6 cm³/mol. The first-order chi connectivity index (χ1) is 8.66. The number of aliphatic hydroxyl groups is 1. The number of hydrogen-bond acceptors (Lipinski definition) is 6. The summed E-state index contributed by atoms with van der Waals surface area (Å²) in [4.78, 5) is 0.481. The zero-order valence-electron chi connectivity index (χ0n) is 9.37. The maximum atomic E-state index is 11.8. The summed E-state index contributed by atoms with van der Waals surface area (Å²) in [7, 11) is -8.01. The molecule has 1 heterocycles. The maximum absolute atomic E-state index is 11.8. The van der Waals surface area contributed by atoms with E-state index in [9.17, 15) is 16.8 Å². The summed E-state index contributed by atoms with van der Waals surface area (Å²) in [6.45, 7) is -0.600. The van der Waals surface area contributed by atoms with E-state index in [4.69, 9.17) is 21.8 Å². The van der Waals surface area contributed by atoms with Crippen molar-refractivity contribution in [2.45, 2.75) is 9.79 Å². The van der Waals surface area contributed by atoms with Crippen molar-refractivity contribution in [2.24, 2.45) is 5.14 Å². The van der Waals surface area contributed by atoms with Crippen LogP contribution in [-0.2, 0) is 20.0 Å². The Bertz CT molecular complexity index is 731. The molecule has 4 N–H and O–H groups in total. The number of nitrogens with two attached hydrogens (primary N) is 1. The Morgan fingerprint density at radius 1 is 1.47 bits per heavy atom. The van der Waals surface area contributed by atoms with Gasteiger partial charge in [-0.1, -0.05) is 11.6 Å². The van der Waals surface area contributed by atoms with E-state index in [1.807, 2.05) is 0 Å². The minimum Gasteiger partial charge on any atom is -0.376 e. The van der Waals surface area contributed by atoms with Crippen LogP contribution in [0.15, 0.2) is 21.9 Å². The molecule has 106 valence electrons. The van der Waals surface area contributed by atoms with E-state index in [1.54, 1.807) is 0 Å². The van der Waals surface area contributed by atoms with Crippen molar-refractivity contribution < 1.29 is 21.9 Å². The number of anilines is 1. The molecule has 0 radical (unpaired) electrons. The third-order valence-electron chi connectivity index (χ3n) is 2.57. The summed E-state index contributed by atoms with van der Waals surface area (Å²) in [6.07, 6.45) is 0. The number of sulfonamides is 2. The second kappa shape index (κ2) is 4.58. The van der Waals surface area contributed by atoms with Gasteiger partial charge in [0.1, 0.15) is 16.5 Å². The molecule has 0 aliphatic carbocycles. The Morgan fingerprint density at radius 3 is 2.63 bits per heavy atom. The molecular formula is C8H10ClN3O5S2. The van der Waals surface area contributed by atoms with Crippen LogP contribution in [0.1, 0.15) is 0 Å². The Hall–Kier alpha value is -0.910. The van der Waals surface area contributed by atoms with E-state index in [0.29, 0.717) is 0 Å². The van der Waals surface area contributed by atoms with Gasteiger partial charge < -0.3 is 10.0 Å². The van der Waals surface area contributed by atoms with Crippen LogP contribution in [0.4, 0.5) is 5.69 Å². The number of halogens is 1. The highest BCUT2D eigenvalue weighted by Gasteiger charge is 2.30. The standard InChI is InChI=1S/C8H10ClN3O5S2/c9-5-1-6-8(2-7(5)18(10,14)15)19(16,17)11-3-12(6)4-13/h1-2,11,13H,3-4H2,(H2,10,14,15). The Kier molecular flexibility index (Phi) is 3.49. The number of benzene rings is 1. The van der Waals surface area contributed by atoms with Gasteiger partial charge in [-0.3, -0.25) is 0 Å². The molecule has 8 nitrogen and oxygen atoms in total. The third-order valence-corrected chi connectivity index (χ3v) is 5.36. The zero-order chi connectivity index (χ0) is 14.4. The SMILES string of the molecule is NS(=O)(=O)c1cc2c(cc1Cl)N(CO)CNS2(=O)=O. The van der Waals surface area contributed by atoms with Gasteiger partial charge in [0.25, 0.3) is 0 Å². The monoisotopic (exact) mass is 327 g/mol. The van der Waals surface area contributed by atoms with Crippen LogP contribution >= 0.6 is 11.6 Å². The minimum atomic E-state index is -4.15. The maximum Gasteiger partial charge on any atom is 0.244 e. The molecule has 1 aliphatic heterocycles. The van der Waals surface area contributed by atoms with Gasteiger partial charge in [0.15, 0.2) is 0 Å². The molecule has 0 bridgehead atoms. The van der Waals surface area contributed by atoms with Crippen LogP contribution < -0.4 is 14.8 Å². The molecule has 2 rings (SSSR count). The Morgan fingerprint density at radius 2 is 2.11 bits per heavy atom. The highest BCUT2D eigenvalue weighted by atomic mass is 35.5. The van der Waals surface area contributed by atoms with E-state index in [0.717, 1.165) is 12.1 Å². The molecule has 1 aromatic carbocycles. The van der Waals surface area contributed by atoms with Crippen molar-refractivity contribution >= 4 is 37.3 Å². The topological polar surface area (TPSA) is 130 Å². The second-order valence-corrected chi connectivity index (χ2v) is 7.45. The molecule has 19 heavy (non-hydrogen) atoms. The van der Waals surface area contributed by atoms with E-state index >= 15 is 0 Å². The molecule has 0 fully saturated rings. The smallest absolute Gasteiger partial charge is 0.244 e. The van der Waals surface area contributed by atoms with E-state index in [-0.39, 0.29) is 22.3 Å². The van der Waals surface area contributed by atoms with Gasteiger partial charge >= 0.3 is 0 Å². The van der Waals surface area contributed by atoms with Crippen LogP contribution in [0, 0.1) is 0 Å². The van der Waals surface area contributed by atoms with Gasteiger partial charge in [-0.25, -0.2) is 22.0 Å². The average Bonchev–Trinajstić information content (AvgIpc) is 2.26. The largest absolute Gasteiger partial charge is 0.376 e. The lowest BCUT2D eigenvalue weighted by Gasteiger charge is -2.30. The van der Waals surface area contributed by atoms with Crippen LogP contribution in [-0.4, -0.2) is 35.3 Å². The summed E-state index contributed by atoms with van der Waals surface area (Å²) in [6, 6.07) is 2.02. The number of aliphatic hydroxyl groups excluding tert-OH is 1. The minimum absolute atomic E-state index is 0.110. The number of fused-ring (bicyclic) bond motifs is 1. The average molecular weight is 328 g/mol. The quantitative estimate of drug-likeness (QED) is 0.638. The van der Waals surface area contributed by atoms with Gasteiger partial charge in [0.2, 0.25) is 20.0 Å². The van der Waals surface area contributed by atoms with Crippen LogP contribution in [0.25, 0.3) is 0 Å². The highest BCUT2D eigenvalue weighted by molar-refractivity contribution is 7.90. The van der Waals surface area contributed by atoms with Gasteiger partial charge in [-0.05, 0) is 12.1 Å². The molecule has 0 saturated heterocycles. The predicted octanol–water partition coefficient (Wildman–Crippen LogP) is -1.01. The summed E-state index contributed by atoms with van der Waals surface area (Å²) < 4.78 is 48.5. The lowest BCUT2D eigenvalue weighted by molar-refractivity contribution is 0.288. The lowest BCUT2D eigenvalue weighted by atomic mass is 10.3. The fraction of sp³-hybridized carbons (Fsp3) is 0.250. The van der Waals surface area contributed by atoms with Crippen LogP contribution in [0.5, 0.6) is 0 Å². The summed E-state index contributed by atoms with van der Waals surface area (Å²) in [5.74, 6) is 0. The second-order valence-electron chi connectivity index (χ2n) is 3.78. The van der Waals surface area contributed by atoms with Crippen LogP contribution in [0.2, 0.25) is 5.02 Å². The first-order valence-electron chi connectivity index (χ1n) is 4.88. The Balaban J connectivity index is 2.79. The molecule has 1 aliphatic rings. The lowest BCUT2D eigenvalue weighted by Crippen LogP contribution is -2.43. The van der Waals surface area contributed by atoms with Crippen molar-refractivity contribution in [3.63, 3.8) is 0 Å². The van der Waals surface area contributed by atoms with Crippen molar-refractivity contribution in [2.75, 3.05) is 18.3 Å². The number of rotatable bonds is 2. The van der Waals surface area contributed by atoms with Crippen molar-refractivity contribution in [1.29, 1.82) is 0 Å². The first kappa shape index (κ1) is 14.5. The summed E-state index contributed by atoms with van der Waals surface area (Å²) in [5.41, 5.74) is 0.110. The zero-order valence-corrected chi connectivity index (χ0v) is 11.8. The number of nitrogens with zero attached hydrogens (tertiary/aromatic N) is 1. The van der Waals surface area contributed by atoms with Gasteiger partial charge in [-0.2, -0.15) is 4.72 Å². The molecule has 0 atom stereocenters. The first-order valence-corrected chi connectivity index (χ1v) is 8.29. The number of hydrogen-bond donors (Lipinski definition) is 3. The molecule has 1 aromatic rings. The van der Waals surface area contributed by atoms with Crippen molar-refractivity contribution in [3.05, 3.63) is 17.2 Å². The van der Waals surface area contributed by atoms with Crippen molar-refractivity contribution in [1.82, 2.24) is 4.72 Å². The Labute approximate surface area is 114 Å². The van der Waals surface area contributed by atoms with E-state index < -0.39 is 31.7 Å². The van der Waals surface area contributed by atoms with Gasteiger partial charge in [-0.15, -0.1) is 0 Å².